The molecule has 0 saturated heterocycles. The highest BCUT2D eigenvalue weighted by Crippen LogP contribution is 2.28. The lowest BCUT2D eigenvalue weighted by Gasteiger charge is -2.08. The second-order valence-electron chi connectivity index (χ2n) is 3.94. The fourth-order valence-corrected chi connectivity index (χ4v) is 2.01. The van der Waals surface area contributed by atoms with E-state index in [9.17, 15) is 4.79 Å². The monoisotopic (exact) mass is 275 g/mol. The molecule has 2 rings (SSSR count). The van der Waals surface area contributed by atoms with Crippen LogP contribution in [0.5, 0.6) is 0 Å². The fourth-order valence-electron chi connectivity index (χ4n) is 1.79. The van der Waals surface area contributed by atoms with Crippen LogP contribution < -0.4 is 10.6 Å². The number of rotatable bonds is 3. The second-order valence-corrected chi connectivity index (χ2v) is 4.35. The summed E-state index contributed by atoms with van der Waals surface area (Å²) in [6, 6.07) is 5.19. The Hall–Kier alpha value is -2.07. The van der Waals surface area contributed by atoms with Gasteiger partial charge in [-0.25, -0.2) is 9.78 Å². The van der Waals surface area contributed by atoms with Crippen molar-refractivity contribution in [2.75, 3.05) is 11.9 Å². The maximum absolute atomic E-state index is 11.5. The first-order valence-electron chi connectivity index (χ1n) is 5.91. The van der Waals surface area contributed by atoms with Gasteiger partial charge in [-0.15, -0.1) is 0 Å². The Morgan fingerprint density at radius 3 is 2.95 bits per heavy atom. The number of carbonyl (C=O) groups excluding carboxylic acids is 1. The van der Waals surface area contributed by atoms with Gasteiger partial charge >= 0.3 is 6.03 Å². The Morgan fingerprint density at radius 1 is 1.47 bits per heavy atom. The van der Waals surface area contributed by atoms with Gasteiger partial charge in [-0.2, -0.15) is 0 Å². The number of halogens is 1. The Kier molecular flexibility index (Phi) is 4.02. The van der Waals surface area contributed by atoms with Crippen LogP contribution in [0.2, 0.25) is 5.02 Å². The van der Waals surface area contributed by atoms with E-state index in [1.54, 1.807) is 24.4 Å². The Labute approximate surface area is 116 Å². The van der Waals surface area contributed by atoms with Gasteiger partial charge in [0, 0.05) is 23.2 Å². The van der Waals surface area contributed by atoms with Crippen molar-refractivity contribution in [3.8, 4) is 0 Å². The number of amides is 2. The Morgan fingerprint density at radius 2 is 2.26 bits per heavy atom. The van der Waals surface area contributed by atoms with E-state index in [4.69, 9.17) is 11.6 Å². The first-order chi connectivity index (χ1) is 9.15. The topological polar surface area (TPSA) is 54.0 Å². The molecule has 0 bridgehead atoms. The van der Waals surface area contributed by atoms with Crippen molar-refractivity contribution >= 4 is 40.3 Å². The van der Waals surface area contributed by atoms with Crippen LogP contribution in [-0.4, -0.2) is 17.6 Å². The lowest BCUT2D eigenvalue weighted by atomic mass is 10.1. The summed E-state index contributed by atoms with van der Waals surface area (Å²) in [6.45, 7) is 6.18. The van der Waals surface area contributed by atoms with E-state index in [-0.39, 0.29) is 6.03 Å². The van der Waals surface area contributed by atoms with Gasteiger partial charge in [-0.05, 0) is 30.0 Å². The standard InChI is InChI=1S/C14H14ClN3O/c1-3-9-5-6-12(15)11-8-17-13(7-10(9)11)18-14(19)16-4-2/h3,5-8H,1,4H2,2H3,(H2,16,17,18,19). The highest BCUT2D eigenvalue weighted by atomic mass is 35.5. The summed E-state index contributed by atoms with van der Waals surface area (Å²) < 4.78 is 0. The van der Waals surface area contributed by atoms with Crippen molar-refractivity contribution in [1.82, 2.24) is 10.3 Å². The SMILES string of the molecule is C=Cc1ccc(Cl)c2cnc(NC(=O)NCC)cc12. The molecular formula is C14H14ClN3O. The largest absolute Gasteiger partial charge is 0.338 e. The van der Waals surface area contributed by atoms with Crippen LogP contribution in [0.3, 0.4) is 0 Å². The van der Waals surface area contributed by atoms with Gasteiger partial charge in [0.05, 0.1) is 0 Å². The molecule has 0 unspecified atom stereocenters. The average molecular weight is 276 g/mol. The van der Waals surface area contributed by atoms with Crippen LogP contribution in [0.25, 0.3) is 16.8 Å². The van der Waals surface area contributed by atoms with Crippen molar-refractivity contribution in [3.63, 3.8) is 0 Å². The number of benzene rings is 1. The number of fused-ring (bicyclic) bond motifs is 1. The molecule has 0 aliphatic heterocycles. The van der Waals surface area contributed by atoms with Crippen LogP contribution in [0.1, 0.15) is 12.5 Å². The van der Waals surface area contributed by atoms with E-state index < -0.39 is 0 Å². The molecule has 19 heavy (non-hydrogen) atoms. The number of nitrogens with one attached hydrogen (secondary N) is 2. The summed E-state index contributed by atoms with van der Waals surface area (Å²) in [5.74, 6) is 0.476. The number of aromatic nitrogens is 1. The molecule has 2 N–H and O–H groups in total. The molecule has 0 radical (unpaired) electrons. The minimum Gasteiger partial charge on any atom is -0.338 e. The van der Waals surface area contributed by atoms with Crippen LogP contribution in [0, 0.1) is 0 Å². The van der Waals surface area contributed by atoms with Gasteiger partial charge in [0.2, 0.25) is 0 Å². The molecule has 0 fully saturated rings. The van der Waals surface area contributed by atoms with E-state index in [1.807, 2.05) is 13.0 Å². The van der Waals surface area contributed by atoms with Crippen LogP contribution in [0.15, 0.2) is 31.0 Å². The average Bonchev–Trinajstić information content (AvgIpc) is 2.39. The first kappa shape index (κ1) is 13.4. The number of urea groups is 1. The van der Waals surface area contributed by atoms with E-state index in [2.05, 4.69) is 22.2 Å². The van der Waals surface area contributed by atoms with Crippen molar-refractivity contribution in [2.24, 2.45) is 0 Å². The number of pyridine rings is 1. The molecule has 0 aliphatic rings. The predicted octanol–water partition coefficient (Wildman–Crippen LogP) is 3.67. The van der Waals surface area contributed by atoms with Crippen molar-refractivity contribution in [3.05, 3.63) is 41.6 Å². The van der Waals surface area contributed by atoms with Gasteiger partial charge in [0.1, 0.15) is 5.82 Å². The molecule has 0 aliphatic carbocycles. The van der Waals surface area contributed by atoms with E-state index in [1.165, 1.54) is 0 Å². The number of hydrogen-bond acceptors (Lipinski definition) is 2. The normalized spacial score (nSPS) is 10.2. The third-order valence-corrected chi connectivity index (χ3v) is 3.01. The Bertz CT molecular complexity index is 640. The van der Waals surface area contributed by atoms with Gasteiger partial charge in [0.15, 0.2) is 0 Å². The third kappa shape index (κ3) is 2.85. The minimum absolute atomic E-state index is 0.281. The zero-order chi connectivity index (χ0) is 13.8. The summed E-state index contributed by atoms with van der Waals surface area (Å²) in [7, 11) is 0. The molecule has 2 aromatic rings. The lowest BCUT2D eigenvalue weighted by Crippen LogP contribution is -2.28. The zero-order valence-electron chi connectivity index (χ0n) is 10.5. The molecule has 2 amide bonds. The summed E-state index contributed by atoms with van der Waals surface area (Å²) in [4.78, 5) is 15.6. The minimum atomic E-state index is -0.281. The molecule has 1 heterocycles. The molecule has 4 nitrogen and oxygen atoms in total. The molecule has 98 valence electrons. The number of hydrogen-bond donors (Lipinski definition) is 2. The van der Waals surface area contributed by atoms with Crippen LogP contribution in [-0.2, 0) is 0 Å². The lowest BCUT2D eigenvalue weighted by molar-refractivity contribution is 0.252. The molecule has 0 saturated carbocycles. The van der Waals surface area contributed by atoms with Crippen molar-refractivity contribution in [1.29, 1.82) is 0 Å². The van der Waals surface area contributed by atoms with E-state index in [0.717, 1.165) is 16.3 Å². The highest BCUT2D eigenvalue weighted by molar-refractivity contribution is 6.35. The van der Waals surface area contributed by atoms with Crippen LogP contribution in [0.4, 0.5) is 10.6 Å². The summed E-state index contributed by atoms with van der Waals surface area (Å²) in [6.07, 6.45) is 3.39. The summed E-state index contributed by atoms with van der Waals surface area (Å²) in [5.41, 5.74) is 0.945. The summed E-state index contributed by atoms with van der Waals surface area (Å²) in [5, 5.41) is 7.68. The molecular weight excluding hydrogens is 262 g/mol. The maximum Gasteiger partial charge on any atom is 0.320 e. The molecule has 0 atom stereocenters. The smallest absolute Gasteiger partial charge is 0.320 e. The third-order valence-electron chi connectivity index (χ3n) is 2.68. The van der Waals surface area contributed by atoms with Gasteiger partial charge in [-0.3, -0.25) is 5.32 Å². The highest BCUT2D eigenvalue weighted by Gasteiger charge is 2.07. The second kappa shape index (κ2) is 5.71. The number of anilines is 1. The van der Waals surface area contributed by atoms with Gasteiger partial charge in [0.25, 0.3) is 0 Å². The molecule has 1 aromatic heterocycles. The van der Waals surface area contributed by atoms with E-state index in [0.29, 0.717) is 17.4 Å². The predicted molar refractivity (Wildman–Crippen MR) is 79.5 cm³/mol. The maximum atomic E-state index is 11.5. The van der Waals surface area contributed by atoms with Crippen molar-refractivity contribution in [2.45, 2.75) is 6.92 Å². The number of nitrogens with zero attached hydrogens (tertiary/aromatic N) is 1. The molecule has 0 spiro atoms. The number of carbonyl (C=O) groups is 1. The van der Waals surface area contributed by atoms with Gasteiger partial charge < -0.3 is 5.32 Å². The van der Waals surface area contributed by atoms with Gasteiger partial charge in [-0.1, -0.05) is 30.3 Å². The fraction of sp³-hybridized carbons (Fsp3) is 0.143. The molecule has 5 heteroatoms. The summed E-state index contributed by atoms with van der Waals surface area (Å²) >= 11 is 6.12. The van der Waals surface area contributed by atoms with E-state index >= 15 is 0 Å². The first-order valence-corrected chi connectivity index (χ1v) is 6.29. The Balaban J connectivity index is 2.44. The molecule has 1 aromatic carbocycles. The quantitative estimate of drug-likeness (QED) is 0.898. The zero-order valence-corrected chi connectivity index (χ0v) is 11.3. The van der Waals surface area contributed by atoms with Crippen molar-refractivity contribution < 1.29 is 4.79 Å². The van der Waals surface area contributed by atoms with Crippen LogP contribution >= 0.6 is 11.6 Å².